The fourth-order valence-corrected chi connectivity index (χ4v) is 2.34. The molecule has 0 aliphatic heterocycles. The van der Waals surface area contributed by atoms with Gasteiger partial charge in [-0.2, -0.15) is 0 Å². The summed E-state index contributed by atoms with van der Waals surface area (Å²) in [6.07, 6.45) is -1.58. The molecule has 4 nitrogen and oxygen atoms in total. The van der Waals surface area contributed by atoms with Crippen molar-refractivity contribution in [3.8, 4) is 11.5 Å². The number of rotatable bonds is 6. The summed E-state index contributed by atoms with van der Waals surface area (Å²) in [7, 11) is 1.55. The first-order valence-electron chi connectivity index (χ1n) is 6.69. The molecule has 0 bridgehead atoms. The highest BCUT2D eigenvalue weighted by molar-refractivity contribution is 6.42. The lowest BCUT2D eigenvalue weighted by atomic mass is 10.0. The number of ether oxygens (including phenoxy) is 2. The van der Waals surface area contributed by atoms with Crippen LogP contribution in [-0.4, -0.2) is 24.9 Å². The molecule has 2 aromatic rings. The van der Waals surface area contributed by atoms with Gasteiger partial charge in [0.1, 0.15) is 6.10 Å². The van der Waals surface area contributed by atoms with Gasteiger partial charge in [-0.3, -0.25) is 0 Å². The Morgan fingerprint density at radius 2 is 1.77 bits per heavy atom. The Morgan fingerprint density at radius 3 is 2.36 bits per heavy atom. The standard InChI is InChI=1S/C16H17Cl2NO3/c1-21-14-4-2-3-5-15(14)22-16(13(20)9-19)10-6-7-11(17)12(18)8-10/h2-8,13,16,20H,9,19H2,1H3. The highest BCUT2D eigenvalue weighted by Gasteiger charge is 2.24. The van der Waals surface area contributed by atoms with Gasteiger partial charge in [0.2, 0.25) is 0 Å². The third kappa shape index (κ3) is 3.84. The van der Waals surface area contributed by atoms with Crippen LogP contribution in [0.5, 0.6) is 11.5 Å². The highest BCUT2D eigenvalue weighted by Crippen LogP contribution is 2.34. The molecule has 0 aliphatic carbocycles. The summed E-state index contributed by atoms with van der Waals surface area (Å²) in [6, 6.07) is 12.2. The summed E-state index contributed by atoms with van der Waals surface area (Å²) in [5.74, 6) is 1.07. The molecule has 118 valence electrons. The van der Waals surface area contributed by atoms with Gasteiger partial charge in [-0.15, -0.1) is 0 Å². The molecule has 0 amide bonds. The highest BCUT2D eigenvalue weighted by atomic mass is 35.5. The largest absolute Gasteiger partial charge is 0.493 e. The fraction of sp³-hybridized carbons (Fsp3) is 0.250. The molecule has 6 heteroatoms. The summed E-state index contributed by atoms with van der Waals surface area (Å²) < 4.78 is 11.2. The zero-order chi connectivity index (χ0) is 16.1. The van der Waals surface area contributed by atoms with E-state index >= 15 is 0 Å². The molecule has 0 saturated carbocycles. The molecule has 0 heterocycles. The van der Waals surface area contributed by atoms with E-state index in [1.807, 2.05) is 12.1 Å². The topological polar surface area (TPSA) is 64.7 Å². The van der Waals surface area contributed by atoms with Gasteiger partial charge in [0.15, 0.2) is 17.6 Å². The van der Waals surface area contributed by atoms with E-state index in [9.17, 15) is 5.11 Å². The maximum atomic E-state index is 10.2. The van der Waals surface area contributed by atoms with Gasteiger partial charge in [0, 0.05) is 6.54 Å². The Bertz CT molecular complexity index is 637. The summed E-state index contributed by atoms with van der Waals surface area (Å²) in [5, 5.41) is 11.0. The van der Waals surface area contributed by atoms with Crippen LogP contribution in [-0.2, 0) is 0 Å². The number of nitrogens with two attached hydrogens (primary N) is 1. The number of methoxy groups -OCH3 is 1. The number of aliphatic hydroxyl groups excluding tert-OH is 1. The average Bonchev–Trinajstić information content (AvgIpc) is 2.55. The van der Waals surface area contributed by atoms with E-state index in [0.717, 1.165) is 0 Å². The first kappa shape index (κ1) is 16.9. The molecular weight excluding hydrogens is 325 g/mol. The Morgan fingerprint density at radius 1 is 1.09 bits per heavy atom. The monoisotopic (exact) mass is 341 g/mol. The molecule has 2 rings (SSSR count). The minimum atomic E-state index is -0.901. The van der Waals surface area contributed by atoms with Crippen LogP contribution in [0.15, 0.2) is 42.5 Å². The van der Waals surface area contributed by atoms with Crippen LogP contribution in [0.2, 0.25) is 10.0 Å². The molecule has 2 aromatic carbocycles. The van der Waals surface area contributed by atoms with Gasteiger partial charge in [0.25, 0.3) is 0 Å². The SMILES string of the molecule is COc1ccccc1OC(c1ccc(Cl)c(Cl)c1)C(O)CN. The summed E-state index contributed by atoms with van der Waals surface area (Å²) in [4.78, 5) is 0. The van der Waals surface area contributed by atoms with E-state index in [2.05, 4.69) is 0 Å². The molecule has 0 aliphatic rings. The molecule has 2 atom stereocenters. The average molecular weight is 342 g/mol. The summed E-state index contributed by atoms with van der Waals surface area (Å²) >= 11 is 12.0. The van der Waals surface area contributed by atoms with Crippen LogP contribution in [0.1, 0.15) is 11.7 Å². The molecule has 22 heavy (non-hydrogen) atoms. The van der Waals surface area contributed by atoms with E-state index in [0.29, 0.717) is 27.1 Å². The molecule has 0 saturated heterocycles. The second-order valence-corrected chi connectivity index (χ2v) is 5.48. The fourth-order valence-electron chi connectivity index (χ4n) is 2.03. The lowest BCUT2D eigenvalue weighted by Gasteiger charge is -2.25. The normalized spacial score (nSPS) is 13.5. The van der Waals surface area contributed by atoms with Crippen LogP contribution in [0.4, 0.5) is 0 Å². The summed E-state index contributed by atoms with van der Waals surface area (Å²) in [5.41, 5.74) is 6.26. The van der Waals surface area contributed by atoms with Crippen molar-refractivity contribution in [1.29, 1.82) is 0 Å². The second-order valence-electron chi connectivity index (χ2n) is 4.67. The van der Waals surface area contributed by atoms with Gasteiger partial charge in [-0.05, 0) is 29.8 Å². The lowest BCUT2D eigenvalue weighted by molar-refractivity contribution is 0.0398. The van der Waals surface area contributed by atoms with Crippen molar-refractivity contribution in [2.24, 2.45) is 5.73 Å². The van der Waals surface area contributed by atoms with Crippen molar-refractivity contribution < 1.29 is 14.6 Å². The number of hydrogen-bond donors (Lipinski definition) is 2. The van der Waals surface area contributed by atoms with Crippen molar-refractivity contribution >= 4 is 23.2 Å². The first-order chi connectivity index (χ1) is 10.6. The molecular formula is C16H17Cl2NO3. The zero-order valence-corrected chi connectivity index (χ0v) is 13.5. The van der Waals surface area contributed by atoms with Crippen molar-refractivity contribution in [3.63, 3.8) is 0 Å². The Hall–Kier alpha value is -1.46. The van der Waals surface area contributed by atoms with Crippen LogP contribution < -0.4 is 15.2 Å². The molecule has 0 radical (unpaired) electrons. The van der Waals surface area contributed by atoms with Gasteiger partial charge in [-0.1, -0.05) is 41.4 Å². The number of para-hydroxylation sites is 2. The quantitative estimate of drug-likeness (QED) is 0.844. The second kappa shape index (κ2) is 7.70. The van der Waals surface area contributed by atoms with E-state index in [-0.39, 0.29) is 6.54 Å². The van der Waals surface area contributed by atoms with Gasteiger partial charge < -0.3 is 20.3 Å². The van der Waals surface area contributed by atoms with Crippen molar-refractivity contribution in [2.45, 2.75) is 12.2 Å². The number of benzene rings is 2. The third-order valence-corrected chi connectivity index (χ3v) is 3.93. The van der Waals surface area contributed by atoms with Gasteiger partial charge in [0.05, 0.1) is 17.2 Å². The molecule has 3 N–H and O–H groups in total. The van der Waals surface area contributed by atoms with Crippen LogP contribution >= 0.6 is 23.2 Å². The predicted molar refractivity (Wildman–Crippen MR) is 87.9 cm³/mol. The lowest BCUT2D eigenvalue weighted by Crippen LogP contribution is -2.31. The smallest absolute Gasteiger partial charge is 0.162 e. The van der Waals surface area contributed by atoms with Crippen LogP contribution in [0.25, 0.3) is 0 Å². The maximum absolute atomic E-state index is 10.2. The molecule has 0 fully saturated rings. The number of halogens is 2. The Balaban J connectivity index is 2.36. The van der Waals surface area contributed by atoms with Crippen molar-refractivity contribution in [3.05, 3.63) is 58.1 Å². The number of hydrogen-bond acceptors (Lipinski definition) is 4. The van der Waals surface area contributed by atoms with Crippen LogP contribution in [0.3, 0.4) is 0 Å². The predicted octanol–water partition coefficient (Wildman–Crippen LogP) is 3.44. The molecule has 0 aromatic heterocycles. The Labute approximate surface area is 139 Å². The van der Waals surface area contributed by atoms with E-state index in [1.165, 1.54) is 0 Å². The van der Waals surface area contributed by atoms with Gasteiger partial charge in [-0.25, -0.2) is 0 Å². The molecule has 0 spiro atoms. The van der Waals surface area contributed by atoms with Gasteiger partial charge >= 0.3 is 0 Å². The third-order valence-electron chi connectivity index (χ3n) is 3.19. The van der Waals surface area contributed by atoms with Crippen LogP contribution in [0, 0.1) is 0 Å². The maximum Gasteiger partial charge on any atom is 0.162 e. The minimum absolute atomic E-state index is 0.0417. The van der Waals surface area contributed by atoms with E-state index < -0.39 is 12.2 Å². The number of aliphatic hydroxyl groups is 1. The summed E-state index contributed by atoms with van der Waals surface area (Å²) in [6.45, 7) is 0.0417. The van der Waals surface area contributed by atoms with E-state index in [4.69, 9.17) is 38.4 Å². The Kier molecular flexibility index (Phi) is 5.91. The first-order valence-corrected chi connectivity index (χ1v) is 7.45. The van der Waals surface area contributed by atoms with Crippen molar-refractivity contribution in [2.75, 3.05) is 13.7 Å². The molecule has 2 unspecified atom stereocenters. The van der Waals surface area contributed by atoms with Crippen molar-refractivity contribution in [1.82, 2.24) is 0 Å². The minimum Gasteiger partial charge on any atom is -0.493 e. The zero-order valence-electron chi connectivity index (χ0n) is 12.0. The van der Waals surface area contributed by atoms with E-state index in [1.54, 1.807) is 37.4 Å².